The average molecular weight is 352 g/mol. The van der Waals surface area contributed by atoms with Gasteiger partial charge in [0.2, 0.25) is 6.79 Å². The predicted molar refractivity (Wildman–Crippen MR) is 89.9 cm³/mol. The van der Waals surface area contributed by atoms with Crippen molar-refractivity contribution in [1.82, 2.24) is 10.2 Å². The molecule has 0 radical (unpaired) electrons. The van der Waals surface area contributed by atoms with Gasteiger partial charge in [-0.2, -0.15) is 0 Å². The van der Waals surface area contributed by atoms with Crippen LogP contribution in [-0.4, -0.2) is 30.2 Å². The number of hydrogen-bond acceptors (Lipinski definition) is 5. The number of hydrogen-bond donors (Lipinski definition) is 1. The van der Waals surface area contributed by atoms with Gasteiger partial charge in [0.1, 0.15) is 5.75 Å². The molecule has 132 valence electrons. The van der Waals surface area contributed by atoms with Crippen LogP contribution in [0, 0.1) is 0 Å². The lowest BCUT2D eigenvalue weighted by Gasteiger charge is -2.33. The van der Waals surface area contributed by atoms with Gasteiger partial charge in [-0.15, -0.1) is 0 Å². The Morgan fingerprint density at radius 2 is 1.85 bits per heavy atom. The van der Waals surface area contributed by atoms with Gasteiger partial charge in [-0.25, -0.2) is 4.79 Å². The number of para-hydroxylation sites is 1. The molecule has 5 rings (SSSR count). The molecule has 1 saturated heterocycles. The Hall–Kier alpha value is -3.22. The van der Waals surface area contributed by atoms with E-state index < -0.39 is 11.6 Å². The van der Waals surface area contributed by atoms with Crippen molar-refractivity contribution in [2.45, 2.75) is 18.5 Å². The van der Waals surface area contributed by atoms with Crippen molar-refractivity contribution in [3.8, 4) is 17.2 Å². The van der Waals surface area contributed by atoms with Gasteiger partial charge in [0, 0.05) is 12.0 Å². The van der Waals surface area contributed by atoms with E-state index in [1.807, 2.05) is 30.3 Å². The number of carbonyl (C=O) groups is 2. The van der Waals surface area contributed by atoms with E-state index in [-0.39, 0.29) is 19.2 Å². The highest BCUT2D eigenvalue weighted by Gasteiger charge is 2.54. The molecule has 3 amide bonds. The van der Waals surface area contributed by atoms with Crippen LogP contribution in [0.1, 0.15) is 17.5 Å². The van der Waals surface area contributed by atoms with Gasteiger partial charge in [0.15, 0.2) is 17.0 Å². The fourth-order valence-electron chi connectivity index (χ4n) is 3.74. The van der Waals surface area contributed by atoms with Gasteiger partial charge >= 0.3 is 6.03 Å². The summed E-state index contributed by atoms with van der Waals surface area (Å²) in [5.41, 5.74) is 0.454. The summed E-state index contributed by atoms with van der Waals surface area (Å²) in [4.78, 5) is 27.1. The lowest BCUT2D eigenvalue weighted by molar-refractivity contribution is -0.133. The zero-order valence-corrected chi connectivity index (χ0v) is 13.9. The number of fused-ring (bicyclic) bond motifs is 3. The largest absolute Gasteiger partial charge is 0.493 e. The maximum atomic E-state index is 13.2. The van der Waals surface area contributed by atoms with E-state index in [9.17, 15) is 9.59 Å². The summed E-state index contributed by atoms with van der Waals surface area (Å²) in [7, 11) is 0. The molecule has 1 atom stereocenters. The number of carbonyl (C=O) groups excluding carboxylic acids is 2. The van der Waals surface area contributed by atoms with Gasteiger partial charge in [-0.05, 0) is 23.8 Å². The number of rotatable bonds is 2. The maximum absolute atomic E-state index is 13.2. The van der Waals surface area contributed by atoms with Crippen molar-refractivity contribution in [3.63, 3.8) is 0 Å². The Morgan fingerprint density at radius 1 is 1.00 bits per heavy atom. The smallest absolute Gasteiger partial charge is 0.325 e. The highest BCUT2D eigenvalue weighted by molar-refractivity contribution is 6.07. The SMILES string of the molecule is O=C1N[C@]2(CCOc3ccccc32)C(=O)N1Cc1ccc2c(c1)OCO2. The zero-order chi connectivity index (χ0) is 17.7. The van der Waals surface area contributed by atoms with E-state index >= 15 is 0 Å². The molecular weight excluding hydrogens is 336 g/mol. The molecule has 7 heteroatoms. The van der Waals surface area contributed by atoms with Crippen LogP contribution in [0.4, 0.5) is 4.79 Å². The molecule has 0 aliphatic carbocycles. The van der Waals surface area contributed by atoms with E-state index in [1.54, 1.807) is 12.1 Å². The number of imide groups is 1. The quantitative estimate of drug-likeness (QED) is 0.838. The zero-order valence-electron chi connectivity index (χ0n) is 13.9. The summed E-state index contributed by atoms with van der Waals surface area (Å²) in [6.45, 7) is 0.731. The molecule has 1 spiro atoms. The van der Waals surface area contributed by atoms with Gasteiger partial charge in [-0.1, -0.05) is 24.3 Å². The number of amides is 3. The molecule has 0 saturated carbocycles. The van der Waals surface area contributed by atoms with Crippen LogP contribution in [0.3, 0.4) is 0 Å². The van der Waals surface area contributed by atoms with E-state index in [0.717, 1.165) is 5.56 Å². The molecule has 3 aliphatic heterocycles. The van der Waals surface area contributed by atoms with Crippen molar-refractivity contribution < 1.29 is 23.8 Å². The fraction of sp³-hybridized carbons (Fsp3) is 0.263. The molecule has 3 heterocycles. The normalized spacial score (nSPS) is 23.0. The molecule has 0 unspecified atom stereocenters. The first-order valence-electron chi connectivity index (χ1n) is 8.42. The monoisotopic (exact) mass is 352 g/mol. The summed E-state index contributed by atoms with van der Waals surface area (Å²) in [5.74, 6) is 1.68. The van der Waals surface area contributed by atoms with Crippen LogP contribution in [0.5, 0.6) is 17.2 Å². The van der Waals surface area contributed by atoms with Gasteiger partial charge < -0.3 is 19.5 Å². The fourth-order valence-corrected chi connectivity index (χ4v) is 3.74. The molecule has 2 aromatic rings. The van der Waals surface area contributed by atoms with E-state index in [0.29, 0.717) is 35.8 Å². The van der Waals surface area contributed by atoms with Crippen molar-refractivity contribution in [2.24, 2.45) is 0 Å². The van der Waals surface area contributed by atoms with Crippen molar-refractivity contribution in [3.05, 3.63) is 53.6 Å². The number of benzene rings is 2. The molecule has 1 fully saturated rings. The first-order valence-corrected chi connectivity index (χ1v) is 8.42. The number of urea groups is 1. The topological polar surface area (TPSA) is 77.1 Å². The van der Waals surface area contributed by atoms with Gasteiger partial charge in [0.25, 0.3) is 5.91 Å². The summed E-state index contributed by atoms with van der Waals surface area (Å²) in [6.07, 6.45) is 0.409. The Bertz CT molecular complexity index is 928. The predicted octanol–water partition coefficient (Wildman–Crippen LogP) is 2.15. The molecule has 0 bridgehead atoms. The Kier molecular flexibility index (Phi) is 3.12. The summed E-state index contributed by atoms with van der Waals surface area (Å²) >= 11 is 0. The minimum absolute atomic E-state index is 0.173. The maximum Gasteiger partial charge on any atom is 0.325 e. The second-order valence-corrected chi connectivity index (χ2v) is 6.51. The summed E-state index contributed by atoms with van der Waals surface area (Å²) in [6, 6.07) is 12.4. The molecule has 26 heavy (non-hydrogen) atoms. The second kappa shape index (κ2) is 5.39. The lowest BCUT2D eigenvalue weighted by Crippen LogP contribution is -2.47. The minimum Gasteiger partial charge on any atom is -0.493 e. The molecular formula is C19H16N2O5. The van der Waals surface area contributed by atoms with Crippen LogP contribution in [-0.2, 0) is 16.9 Å². The summed E-state index contributed by atoms with van der Waals surface area (Å²) in [5, 5.41) is 2.90. The van der Waals surface area contributed by atoms with E-state index in [4.69, 9.17) is 14.2 Å². The molecule has 2 aromatic carbocycles. The first-order chi connectivity index (χ1) is 12.7. The van der Waals surface area contributed by atoms with Gasteiger partial charge in [0.05, 0.1) is 13.2 Å². The molecule has 1 N–H and O–H groups in total. The van der Waals surface area contributed by atoms with Crippen LogP contribution < -0.4 is 19.5 Å². The Labute approximate surface area is 149 Å². The van der Waals surface area contributed by atoms with Crippen molar-refractivity contribution >= 4 is 11.9 Å². The van der Waals surface area contributed by atoms with Crippen LogP contribution >= 0.6 is 0 Å². The van der Waals surface area contributed by atoms with Crippen molar-refractivity contribution in [2.75, 3.05) is 13.4 Å². The van der Waals surface area contributed by atoms with Crippen LogP contribution in [0.15, 0.2) is 42.5 Å². The van der Waals surface area contributed by atoms with E-state index in [1.165, 1.54) is 4.90 Å². The standard InChI is InChI=1S/C19H16N2O5/c22-17-19(7-8-24-14-4-2-1-3-13(14)19)20-18(23)21(17)10-12-5-6-15-16(9-12)26-11-25-15/h1-6,9H,7-8,10-11H2,(H,20,23)/t19-/m0/s1. The first kappa shape index (κ1) is 15.1. The van der Waals surface area contributed by atoms with Crippen LogP contribution in [0.2, 0.25) is 0 Å². The van der Waals surface area contributed by atoms with Crippen molar-refractivity contribution in [1.29, 1.82) is 0 Å². The lowest BCUT2D eigenvalue weighted by atomic mass is 9.84. The molecule has 7 nitrogen and oxygen atoms in total. The third-order valence-corrected chi connectivity index (χ3v) is 5.03. The third-order valence-electron chi connectivity index (χ3n) is 5.03. The Balaban J connectivity index is 1.47. The average Bonchev–Trinajstić information content (AvgIpc) is 3.21. The summed E-state index contributed by atoms with van der Waals surface area (Å²) < 4.78 is 16.3. The number of nitrogens with one attached hydrogen (secondary N) is 1. The van der Waals surface area contributed by atoms with E-state index in [2.05, 4.69) is 5.32 Å². The molecule has 0 aromatic heterocycles. The second-order valence-electron chi connectivity index (χ2n) is 6.51. The van der Waals surface area contributed by atoms with Crippen LogP contribution in [0.25, 0.3) is 0 Å². The highest BCUT2D eigenvalue weighted by Crippen LogP contribution is 2.41. The third kappa shape index (κ3) is 2.06. The van der Waals surface area contributed by atoms with Gasteiger partial charge in [-0.3, -0.25) is 9.69 Å². The highest BCUT2D eigenvalue weighted by atomic mass is 16.7. The molecule has 3 aliphatic rings. The number of ether oxygens (including phenoxy) is 3. The minimum atomic E-state index is -1.05. The Morgan fingerprint density at radius 3 is 2.77 bits per heavy atom. The number of nitrogens with zero attached hydrogens (tertiary/aromatic N) is 1.